The molecule has 0 atom stereocenters. The highest BCUT2D eigenvalue weighted by Crippen LogP contribution is 2.08. The number of nitrogens with one attached hydrogen (secondary N) is 1. The van der Waals surface area contributed by atoms with Crippen molar-refractivity contribution in [3.8, 4) is 5.75 Å². The number of nitrogens with zero attached hydrogens (tertiary/aromatic N) is 1. The molecule has 1 heterocycles. The number of hydrogen-bond acceptors (Lipinski definition) is 4. The summed E-state index contributed by atoms with van der Waals surface area (Å²) in [5.74, 6) is -0.887. The van der Waals surface area contributed by atoms with Gasteiger partial charge in [0.25, 0.3) is 5.56 Å². The molecule has 0 aliphatic carbocycles. The number of carbonyl (C=O) groups is 1. The third-order valence-corrected chi connectivity index (χ3v) is 1.98. The summed E-state index contributed by atoms with van der Waals surface area (Å²) in [5, 5.41) is 0. The number of ether oxygens (including phenoxy) is 1. The maximum atomic E-state index is 11.6. The van der Waals surface area contributed by atoms with E-state index >= 15 is 0 Å². The molecular formula is C10H12N2O4. The Bertz CT molecular complexity index is 565. The zero-order chi connectivity index (χ0) is 12.5. The van der Waals surface area contributed by atoms with Gasteiger partial charge in [-0.25, -0.2) is 9.59 Å². The fourth-order valence-corrected chi connectivity index (χ4v) is 1.01. The van der Waals surface area contributed by atoms with Crippen molar-refractivity contribution in [3.05, 3.63) is 38.7 Å². The van der Waals surface area contributed by atoms with Gasteiger partial charge in [-0.15, -0.1) is 0 Å². The number of rotatable bonds is 2. The highest BCUT2D eigenvalue weighted by Gasteiger charge is 2.14. The molecule has 1 aromatic heterocycles. The van der Waals surface area contributed by atoms with Gasteiger partial charge in [-0.3, -0.25) is 9.36 Å². The highest BCUT2D eigenvalue weighted by atomic mass is 16.5. The first-order valence-electron chi connectivity index (χ1n) is 4.52. The first-order chi connectivity index (χ1) is 7.34. The number of carbonyl (C=O) groups excluding carboxylic acids is 1. The van der Waals surface area contributed by atoms with Gasteiger partial charge in [0.05, 0.1) is 5.69 Å². The van der Waals surface area contributed by atoms with Crippen molar-refractivity contribution in [3.63, 3.8) is 0 Å². The lowest BCUT2D eigenvalue weighted by atomic mass is 10.3. The standard InChI is InChI=1S/C10H12N2O4/c1-5(2)9(14)16-7-6(3)11-10(15)12(4)8(7)13/h1H2,2-4H3,(H,11,15). The number of aromatic nitrogens is 2. The second kappa shape index (κ2) is 4.18. The van der Waals surface area contributed by atoms with Gasteiger partial charge in [-0.05, 0) is 13.8 Å². The first kappa shape index (κ1) is 12.0. The van der Waals surface area contributed by atoms with Gasteiger partial charge in [-0.1, -0.05) is 6.58 Å². The van der Waals surface area contributed by atoms with Crippen LogP contribution in [0.2, 0.25) is 0 Å². The van der Waals surface area contributed by atoms with Crippen LogP contribution in [0.1, 0.15) is 12.6 Å². The molecule has 0 spiro atoms. The molecule has 0 amide bonds. The second-order valence-corrected chi connectivity index (χ2v) is 3.42. The van der Waals surface area contributed by atoms with Crippen LogP contribution in [0.25, 0.3) is 0 Å². The minimum Gasteiger partial charge on any atom is -0.415 e. The molecular weight excluding hydrogens is 212 g/mol. The molecule has 0 saturated heterocycles. The maximum absolute atomic E-state index is 11.6. The molecule has 1 N–H and O–H groups in total. The fraction of sp³-hybridized carbons (Fsp3) is 0.300. The van der Waals surface area contributed by atoms with Crippen molar-refractivity contribution < 1.29 is 9.53 Å². The van der Waals surface area contributed by atoms with Gasteiger partial charge in [0.15, 0.2) is 0 Å². The van der Waals surface area contributed by atoms with E-state index in [0.717, 1.165) is 4.57 Å². The van der Waals surface area contributed by atoms with E-state index in [9.17, 15) is 14.4 Å². The van der Waals surface area contributed by atoms with E-state index in [4.69, 9.17) is 4.74 Å². The van der Waals surface area contributed by atoms with E-state index < -0.39 is 17.2 Å². The van der Waals surface area contributed by atoms with E-state index in [1.165, 1.54) is 20.9 Å². The number of esters is 1. The van der Waals surface area contributed by atoms with Gasteiger partial charge in [-0.2, -0.15) is 0 Å². The van der Waals surface area contributed by atoms with Crippen LogP contribution >= 0.6 is 0 Å². The average molecular weight is 224 g/mol. The van der Waals surface area contributed by atoms with Crippen LogP contribution in [0, 0.1) is 6.92 Å². The number of aryl methyl sites for hydroxylation is 1. The van der Waals surface area contributed by atoms with E-state index in [1.807, 2.05) is 0 Å². The summed E-state index contributed by atoms with van der Waals surface area (Å²) >= 11 is 0. The topological polar surface area (TPSA) is 81.2 Å². The lowest BCUT2D eigenvalue weighted by molar-refractivity contribution is -0.130. The van der Waals surface area contributed by atoms with Crippen LogP contribution in [-0.4, -0.2) is 15.5 Å². The Morgan fingerprint density at radius 1 is 1.44 bits per heavy atom. The van der Waals surface area contributed by atoms with Crippen molar-refractivity contribution in [1.29, 1.82) is 0 Å². The lowest BCUT2D eigenvalue weighted by Crippen LogP contribution is -2.35. The SMILES string of the molecule is C=C(C)C(=O)Oc1c(C)[nH]c(=O)n(C)c1=O. The summed E-state index contributed by atoms with van der Waals surface area (Å²) < 4.78 is 5.66. The van der Waals surface area contributed by atoms with Crippen LogP contribution in [0.4, 0.5) is 0 Å². The molecule has 1 aromatic rings. The number of aromatic amines is 1. The summed E-state index contributed by atoms with van der Waals surface area (Å²) in [6.07, 6.45) is 0. The van der Waals surface area contributed by atoms with Gasteiger partial charge in [0.2, 0.25) is 5.75 Å². The van der Waals surface area contributed by atoms with Crippen LogP contribution < -0.4 is 16.0 Å². The van der Waals surface area contributed by atoms with E-state index in [2.05, 4.69) is 11.6 Å². The highest BCUT2D eigenvalue weighted by molar-refractivity contribution is 5.88. The summed E-state index contributed by atoms with van der Waals surface area (Å²) in [6, 6.07) is 0. The minimum absolute atomic E-state index is 0.174. The first-order valence-corrected chi connectivity index (χ1v) is 4.52. The molecule has 0 bridgehead atoms. The number of H-pyrrole nitrogens is 1. The quantitative estimate of drug-likeness (QED) is 0.560. The van der Waals surface area contributed by atoms with Crippen LogP contribution in [-0.2, 0) is 11.8 Å². The summed E-state index contributed by atoms with van der Waals surface area (Å²) in [6.45, 7) is 6.34. The van der Waals surface area contributed by atoms with Gasteiger partial charge < -0.3 is 9.72 Å². The van der Waals surface area contributed by atoms with Crippen LogP contribution in [0.3, 0.4) is 0 Å². The minimum atomic E-state index is -0.702. The Morgan fingerprint density at radius 3 is 2.50 bits per heavy atom. The molecule has 16 heavy (non-hydrogen) atoms. The zero-order valence-corrected chi connectivity index (χ0v) is 9.29. The maximum Gasteiger partial charge on any atom is 0.338 e. The predicted molar refractivity (Wildman–Crippen MR) is 57.5 cm³/mol. The second-order valence-electron chi connectivity index (χ2n) is 3.42. The predicted octanol–water partition coefficient (Wildman–Crippen LogP) is -0.136. The Hall–Kier alpha value is -2.11. The smallest absolute Gasteiger partial charge is 0.338 e. The molecule has 0 unspecified atom stereocenters. The summed E-state index contributed by atoms with van der Waals surface area (Å²) in [7, 11) is 1.29. The molecule has 0 radical (unpaired) electrons. The lowest BCUT2D eigenvalue weighted by Gasteiger charge is -2.07. The van der Waals surface area contributed by atoms with Crippen molar-refractivity contribution >= 4 is 5.97 Å². The molecule has 6 nitrogen and oxygen atoms in total. The fourth-order valence-electron chi connectivity index (χ4n) is 1.01. The third-order valence-electron chi connectivity index (χ3n) is 1.98. The monoisotopic (exact) mass is 224 g/mol. The Balaban J connectivity index is 3.31. The Kier molecular flexibility index (Phi) is 3.12. The summed E-state index contributed by atoms with van der Waals surface area (Å²) in [4.78, 5) is 36.4. The normalized spacial score (nSPS) is 9.94. The zero-order valence-electron chi connectivity index (χ0n) is 9.29. The van der Waals surface area contributed by atoms with Crippen LogP contribution in [0.15, 0.2) is 21.7 Å². The van der Waals surface area contributed by atoms with Crippen molar-refractivity contribution in [1.82, 2.24) is 9.55 Å². The van der Waals surface area contributed by atoms with Gasteiger partial charge in [0, 0.05) is 12.6 Å². The molecule has 1 rings (SSSR count). The molecule has 0 saturated carbocycles. The van der Waals surface area contributed by atoms with Gasteiger partial charge >= 0.3 is 11.7 Å². The molecule has 0 aliphatic heterocycles. The third kappa shape index (κ3) is 2.10. The Labute approximate surface area is 91.2 Å². The average Bonchev–Trinajstić information content (AvgIpc) is 2.20. The molecule has 86 valence electrons. The molecule has 0 aliphatic rings. The van der Waals surface area contributed by atoms with E-state index in [-0.39, 0.29) is 17.0 Å². The van der Waals surface area contributed by atoms with Crippen molar-refractivity contribution in [2.45, 2.75) is 13.8 Å². The van der Waals surface area contributed by atoms with Crippen molar-refractivity contribution in [2.24, 2.45) is 7.05 Å². The largest absolute Gasteiger partial charge is 0.415 e. The number of hydrogen-bond donors (Lipinski definition) is 1. The van der Waals surface area contributed by atoms with Crippen LogP contribution in [0.5, 0.6) is 5.75 Å². The summed E-state index contributed by atoms with van der Waals surface area (Å²) in [5.41, 5.74) is -0.830. The molecule has 0 fully saturated rings. The van der Waals surface area contributed by atoms with E-state index in [0.29, 0.717) is 0 Å². The molecule has 6 heteroatoms. The van der Waals surface area contributed by atoms with E-state index in [1.54, 1.807) is 0 Å². The van der Waals surface area contributed by atoms with Gasteiger partial charge in [0.1, 0.15) is 0 Å². The molecule has 0 aromatic carbocycles. The van der Waals surface area contributed by atoms with Crippen molar-refractivity contribution in [2.75, 3.05) is 0 Å². The Morgan fingerprint density at radius 2 is 2.00 bits per heavy atom.